The third kappa shape index (κ3) is 2.46. The van der Waals surface area contributed by atoms with Gasteiger partial charge in [-0.05, 0) is 13.8 Å². The van der Waals surface area contributed by atoms with E-state index in [2.05, 4.69) is 5.32 Å². The lowest BCUT2D eigenvalue weighted by molar-refractivity contribution is -0.149. The molecule has 0 amide bonds. The maximum Gasteiger partial charge on any atom is 0.323 e. The standard InChI is InChI=1S/C8H15NO3/c1-5(2)12-8(11)7-3-6(10)4-9-7/h5-7,9-10H,3-4H2,1-2H3/t6?,7-/m0/s1. The maximum absolute atomic E-state index is 11.2. The normalized spacial score (nSPS) is 29.3. The van der Waals surface area contributed by atoms with Gasteiger partial charge in [-0.3, -0.25) is 4.79 Å². The smallest absolute Gasteiger partial charge is 0.323 e. The fourth-order valence-corrected chi connectivity index (χ4v) is 1.21. The predicted octanol–water partition coefficient (Wildman–Crippen LogP) is -0.339. The van der Waals surface area contributed by atoms with Crippen LogP contribution < -0.4 is 5.32 Å². The van der Waals surface area contributed by atoms with Crippen LogP contribution in [-0.2, 0) is 9.53 Å². The molecule has 0 aliphatic carbocycles. The highest BCUT2D eigenvalue weighted by atomic mass is 16.5. The molecule has 70 valence electrons. The van der Waals surface area contributed by atoms with Crippen LogP contribution >= 0.6 is 0 Å². The number of nitrogens with one attached hydrogen (secondary N) is 1. The Morgan fingerprint density at radius 1 is 1.67 bits per heavy atom. The number of hydrogen-bond acceptors (Lipinski definition) is 4. The van der Waals surface area contributed by atoms with E-state index >= 15 is 0 Å². The third-order valence-corrected chi connectivity index (χ3v) is 1.74. The Morgan fingerprint density at radius 2 is 2.33 bits per heavy atom. The topological polar surface area (TPSA) is 58.6 Å². The van der Waals surface area contributed by atoms with Crippen LogP contribution in [0.1, 0.15) is 20.3 Å². The first kappa shape index (κ1) is 9.48. The van der Waals surface area contributed by atoms with E-state index < -0.39 is 6.10 Å². The van der Waals surface area contributed by atoms with Crippen LogP contribution in [0.15, 0.2) is 0 Å². The van der Waals surface area contributed by atoms with Gasteiger partial charge >= 0.3 is 5.97 Å². The molecule has 1 heterocycles. The van der Waals surface area contributed by atoms with E-state index in [0.29, 0.717) is 13.0 Å². The molecule has 1 aliphatic heterocycles. The fourth-order valence-electron chi connectivity index (χ4n) is 1.21. The molecule has 0 bridgehead atoms. The lowest BCUT2D eigenvalue weighted by Gasteiger charge is -2.12. The van der Waals surface area contributed by atoms with Crippen LogP contribution in [0.25, 0.3) is 0 Å². The summed E-state index contributed by atoms with van der Waals surface area (Å²) in [7, 11) is 0. The molecule has 4 heteroatoms. The van der Waals surface area contributed by atoms with E-state index in [-0.39, 0.29) is 18.1 Å². The summed E-state index contributed by atoms with van der Waals surface area (Å²) in [4.78, 5) is 11.2. The van der Waals surface area contributed by atoms with Crippen molar-refractivity contribution < 1.29 is 14.6 Å². The Hall–Kier alpha value is -0.610. The summed E-state index contributed by atoms with van der Waals surface area (Å²) in [6, 6.07) is -0.317. The van der Waals surface area contributed by atoms with Crippen molar-refractivity contribution in [3.05, 3.63) is 0 Å². The molecule has 0 saturated carbocycles. The highest BCUT2D eigenvalue weighted by Gasteiger charge is 2.29. The Labute approximate surface area is 71.9 Å². The fraction of sp³-hybridized carbons (Fsp3) is 0.875. The molecule has 0 aromatic rings. The van der Waals surface area contributed by atoms with Crippen molar-refractivity contribution in [1.29, 1.82) is 0 Å². The van der Waals surface area contributed by atoms with Crippen LogP contribution in [0.3, 0.4) is 0 Å². The molecule has 0 aromatic carbocycles. The van der Waals surface area contributed by atoms with Crippen LogP contribution in [-0.4, -0.2) is 35.9 Å². The van der Waals surface area contributed by atoms with Gasteiger partial charge in [0, 0.05) is 13.0 Å². The van der Waals surface area contributed by atoms with Crippen molar-refractivity contribution in [3.8, 4) is 0 Å². The minimum absolute atomic E-state index is 0.0861. The SMILES string of the molecule is CC(C)OC(=O)[C@@H]1CC(O)CN1. The minimum Gasteiger partial charge on any atom is -0.462 e. The zero-order valence-corrected chi connectivity index (χ0v) is 7.41. The Bertz CT molecular complexity index is 170. The molecule has 0 spiro atoms. The van der Waals surface area contributed by atoms with E-state index in [9.17, 15) is 4.79 Å². The highest BCUT2D eigenvalue weighted by Crippen LogP contribution is 2.08. The van der Waals surface area contributed by atoms with Gasteiger partial charge in [0.25, 0.3) is 0 Å². The molecule has 2 N–H and O–H groups in total. The van der Waals surface area contributed by atoms with Crippen LogP contribution in [0, 0.1) is 0 Å². The van der Waals surface area contributed by atoms with Crippen molar-refractivity contribution >= 4 is 5.97 Å². The van der Waals surface area contributed by atoms with Crippen molar-refractivity contribution in [2.24, 2.45) is 0 Å². The van der Waals surface area contributed by atoms with Crippen LogP contribution in [0.4, 0.5) is 0 Å². The average Bonchev–Trinajstić information content (AvgIpc) is 2.34. The Morgan fingerprint density at radius 3 is 2.75 bits per heavy atom. The van der Waals surface area contributed by atoms with Crippen molar-refractivity contribution in [2.45, 2.75) is 38.5 Å². The number of hydrogen-bond donors (Lipinski definition) is 2. The largest absolute Gasteiger partial charge is 0.462 e. The highest BCUT2D eigenvalue weighted by molar-refractivity contribution is 5.76. The van der Waals surface area contributed by atoms with Crippen molar-refractivity contribution in [1.82, 2.24) is 5.32 Å². The summed E-state index contributed by atoms with van der Waals surface area (Å²) >= 11 is 0. The molecule has 1 saturated heterocycles. The van der Waals surface area contributed by atoms with Gasteiger partial charge in [0.15, 0.2) is 0 Å². The molecular weight excluding hydrogens is 158 g/mol. The molecule has 1 aliphatic rings. The van der Waals surface area contributed by atoms with Crippen molar-refractivity contribution in [2.75, 3.05) is 6.54 Å². The van der Waals surface area contributed by atoms with E-state index in [0.717, 1.165) is 0 Å². The van der Waals surface area contributed by atoms with Gasteiger partial charge < -0.3 is 15.2 Å². The van der Waals surface area contributed by atoms with Gasteiger partial charge in [0.1, 0.15) is 6.04 Å². The summed E-state index contributed by atoms with van der Waals surface area (Å²) in [5.41, 5.74) is 0. The number of aliphatic hydroxyl groups is 1. The second-order valence-electron chi connectivity index (χ2n) is 3.34. The Balaban J connectivity index is 2.33. The van der Waals surface area contributed by atoms with Crippen molar-refractivity contribution in [3.63, 3.8) is 0 Å². The molecule has 1 fully saturated rings. The molecule has 4 nitrogen and oxygen atoms in total. The molecule has 2 atom stereocenters. The van der Waals surface area contributed by atoms with Gasteiger partial charge in [0.05, 0.1) is 12.2 Å². The average molecular weight is 173 g/mol. The number of aliphatic hydroxyl groups excluding tert-OH is 1. The summed E-state index contributed by atoms with van der Waals surface area (Å²) < 4.78 is 4.97. The van der Waals surface area contributed by atoms with Gasteiger partial charge in [-0.1, -0.05) is 0 Å². The molecule has 12 heavy (non-hydrogen) atoms. The summed E-state index contributed by atoms with van der Waals surface area (Å²) in [6.45, 7) is 4.10. The van der Waals surface area contributed by atoms with Gasteiger partial charge in [0.2, 0.25) is 0 Å². The van der Waals surface area contributed by atoms with E-state index in [4.69, 9.17) is 9.84 Å². The number of esters is 1. The summed E-state index contributed by atoms with van der Waals surface area (Å²) in [5, 5.41) is 12.0. The third-order valence-electron chi connectivity index (χ3n) is 1.74. The van der Waals surface area contributed by atoms with Gasteiger partial charge in [-0.2, -0.15) is 0 Å². The monoisotopic (exact) mass is 173 g/mol. The lowest BCUT2D eigenvalue weighted by atomic mass is 10.2. The Kier molecular flexibility index (Phi) is 3.05. The second-order valence-corrected chi connectivity index (χ2v) is 3.34. The number of rotatable bonds is 2. The van der Waals surface area contributed by atoms with Gasteiger partial charge in [-0.25, -0.2) is 0 Å². The summed E-state index contributed by atoms with van der Waals surface area (Å²) in [6.07, 6.45) is -0.0299. The first-order valence-electron chi connectivity index (χ1n) is 4.21. The molecular formula is C8H15NO3. The van der Waals surface area contributed by atoms with E-state index in [1.165, 1.54) is 0 Å². The molecule has 0 radical (unpaired) electrons. The number of carbonyl (C=O) groups excluding carboxylic acids is 1. The number of ether oxygens (including phenoxy) is 1. The first-order valence-corrected chi connectivity index (χ1v) is 4.21. The minimum atomic E-state index is -0.408. The second kappa shape index (κ2) is 3.87. The van der Waals surface area contributed by atoms with Gasteiger partial charge in [-0.15, -0.1) is 0 Å². The zero-order chi connectivity index (χ0) is 9.14. The number of β-amino-alcohol motifs (C(OH)–C–C–N with tert-alkyl or cyclic N) is 1. The summed E-state index contributed by atoms with van der Waals surface area (Å²) in [5.74, 6) is -0.262. The molecule has 1 rings (SSSR count). The maximum atomic E-state index is 11.2. The van der Waals surface area contributed by atoms with E-state index in [1.807, 2.05) is 13.8 Å². The molecule has 1 unspecified atom stereocenters. The van der Waals surface area contributed by atoms with Crippen LogP contribution in [0.2, 0.25) is 0 Å². The lowest BCUT2D eigenvalue weighted by Crippen LogP contribution is -2.33. The first-order chi connectivity index (χ1) is 5.59. The predicted molar refractivity (Wildman–Crippen MR) is 43.6 cm³/mol. The zero-order valence-electron chi connectivity index (χ0n) is 7.41. The van der Waals surface area contributed by atoms with E-state index in [1.54, 1.807) is 0 Å². The molecule has 0 aromatic heterocycles. The quantitative estimate of drug-likeness (QED) is 0.561. The van der Waals surface area contributed by atoms with Crippen LogP contribution in [0.5, 0.6) is 0 Å². The number of carbonyl (C=O) groups is 1.